The van der Waals surface area contributed by atoms with Gasteiger partial charge in [0.05, 0.1) is 11.7 Å². The Labute approximate surface area is 102 Å². The molecule has 2 fully saturated rings. The molecule has 0 aliphatic heterocycles. The van der Waals surface area contributed by atoms with Crippen LogP contribution in [0.4, 0.5) is 0 Å². The van der Waals surface area contributed by atoms with Crippen molar-refractivity contribution in [3.8, 4) is 0 Å². The van der Waals surface area contributed by atoms with Crippen LogP contribution >= 0.6 is 15.9 Å². The fourth-order valence-electron chi connectivity index (χ4n) is 3.14. The number of rotatable bonds is 3. The summed E-state index contributed by atoms with van der Waals surface area (Å²) >= 11 is 3.65. The molecule has 0 bridgehead atoms. The lowest BCUT2D eigenvalue weighted by Crippen LogP contribution is -2.37. The maximum absolute atomic E-state index is 6.41. The van der Waals surface area contributed by atoms with E-state index in [4.69, 9.17) is 4.74 Å². The molecule has 2 atom stereocenters. The molecular weight excluding hydrogens is 252 g/mol. The van der Waals surface area contributed by atoms with Gasteiger partial charge < -0.3 is 4.74 Å². The fraction of sp³-hybridized carbons (Fsp3) is 1.00. The maximum Gasteiger partial charge on any atom is 0.0782 e. The summed E-state index contributed by atoms with van der Waals surface area (Å²) in [6.45, 7) is 2.37. The quantitative estimate of drug-likeness (QED) is 0.698. The molecule has 0 N–H and O–H groups in total. The van der Waals surface area contributed by atoms with Crippen LogP contribution in [0.3, 0.4) is 0 Å². The summed E-state index contributed by atoms with van der Waals surface area (Å²) in [6, 6.07) is 0. The SMILES string of the molecule is CC1CCCC(OC2(CBr)CCCC2)C1. The minimum atomic E-state index is 0.196. The van der Waals surface area contributed by atoms with Gasteiger partial charge in [0, 0.05) is 5.33 Å². The second kappa shape index (κ2) is 5.18. The van der Waals surface area contributed by atoms with E-state index in [1.807, 2.05) is 0 Å². The van der Waals surface area contributed by atoms with Crippen LogP contribution in [0.15, 0.2) is 0 Å². The monoisotopic (exact) mass is 274 g/mol. The van der Waals surface area contributed by atoms with E-state index in [1.165, 1.54) is 51.4 Å². The summed E-state index contributed by atoms with van der Waals surface area (Å²) in [4.78, 5) is 0. The number of hydrogen-bond acceptors (Lipinski definition) is 1. The summed E-state index contributed by atoms with van der Waals surface area (Å²) < 4.78 is 6.41. The van der Waals surface area contributed by atoms with Gasteiger partial charge in [-0.25, -0.2) is 0 Å². The van der Waals surface area contributed by atoms with E-state index in [0.29, 0.717) is 6.10 Å². The second-order valence-electron chi connectivity index (χ2n) is 5.54. The van der Waals surface area contributed by atoms with E-state index >= 15 is 0 Å². The first kappa shape index (κ1) is 11.9. The zero-order valence-electron chi connectivity index (χ0n) is 9.80. The Bertz CT molecular complexity index is 199. The molecule has 2 aliphatic carbocycles. The largest absolute Gasteiger partial charge is 0.371 e. The summed E-state index contributed by atoms with van der Waals surface area (Å²) in [6.07, 6.45) is 11.1. The predicted octanol–water partition coefficient (Wildman–Crippen LogP) is 4.29. The smallest absolute Gasteiger partial charge is 0.0782 e. The van der Waals surface area contributed by atoms with Crippen molar-refractivity contribution < 1.29 is 4.74 Å². The summed E-state index contributed by atoms with van der Waals surface area (Å²) in [5, 5.41) is 1.03. The molecule has 0 radical (unpaired) electrons. The second-order valence-corrected chi connectivity index (χ2v) is 6.10. The lowest BCUT2D eigenvalue weighted by Gasteiger charge is -2.36. The van der Waals surface area contributed by atoms with E-state index in [2.05, 4.69) is 22.9 Å². The first-order valence-electron chi connectivity index (χ1n) is 6.48. The van der Waals surface area contributed by atoms with Crippen LogP contribution in [0, 0.1) is 5.92 Å². The Morgan fingerprint density at radius 2 is 1.93 bits per heavy atom. The lowest BCUT2D eigenvalue weighted by molar-refractivity contribution is -0.0932. The van der Waals surface area contributed by atoms with Crippen molar-refractivity contribution in [1.29, 1.82) is 0 Å². The molecule has 2 heteroatoms. The molecule has 2 rings (SSSR count). The van der Waals surface area contributed by atoms with Crippen molar-refractivity contribution in [3.63, 3.8) is 0 Å². The molecule has 2 saturated carbocycles. The van der Waals surface area contributed by atoms with Crippen molar-refractivity contribution >= 4 is 15.9 Å². The van der Waals surface area contributed by atoms with E-state index < -0.39 is 0 Å². The Balaban J connectivity index is 1.88. The summed E-state index contributed by atoms with van der Waals surface area (Å²) in [5.74, 6) is 0.873. The molecule has 2 aliphatic rings. The van der Waals surface area contributed by atoms with E-state index in [9.17, 15) is 0 Å². The average Bonchev–Trinajstić information content (AvgIpc) is 2.67. The molecule has 0 aromatic heterocycles. The van der Waals surface area contributed by atoms with Gasteiger partial charge in [-0.1, -0.05) is 48.5 Å². The zero-order chi connectivity index (χ0) is 10.7. The highest BCUT2D eigenvalue weighted by Gasteiger charge is 2.36. The van der Waals surface area contributed by atoms with Gasteiger partial charge in [-0.05, 0) is 31.6 Å². The number of ether oxygens (including phenoxy) is 1. The molecule has 1 nitrogen and oxygen atoms in total. The van der Waals surface area contributed by atoms with Crippen LogP contribution in [0.5, 0.6) is 0 Å². The van der Waals surface area contributed by atoms with Crippen molar-refractivity contribution in [3.05, 3.63) is 0 Å². The van der Waals surface area contributed by atoms with Crippen LogP contribution in [0.1, 0.15) is 58.3 Å². The third-order valence-electron chi connectivity index (χ3n) is 4.06. The van der Waals surface area contributed by atoms with Crippen LogP contribution in [-0.2, 0) is 4.74 Å². The minimum absolute atomic E-state index is 0.196. The molecule has 0 aromatic rings. The van der Waals surface area contributed by atoms with Crippen molar-refractivity contribution in [1.82, 2.24) is 0 Å². The molecule has 2 unspecified atom stereocenters. The Hall–Kier alpha value is 0.440. The zero-order valence-corrected chi connectivity index (χ0v) is 11.4. The van der Waals surface area contributed by atoms with Gasteiger partial charge in [-0.3, -0.25) is 0 Å². The molecular formula is C13H23BrO. The highest BCUT2D eigenvalue weighted by Crippen LogP contribution is 2.38. The molecule has 0 amide bonds. The predicted molar refractivity (Wildman–Crippen MR) is 67.5 cm³/mol. The standard InChI is InChI=1S/C13H23BrO/c1-11-5-4-6-12(9-11)15-13(10-14)7-2-3-8-13/h11-12H,2-10H2,1H3. The molecule has 88 valence electrons. The molecule has 0 aromatic carbocycles. The average molecular weight is 275 g/mol. The lowest BCUT2D eigenvalue weighted by atomic mass is 9.88. The third-order valence-corrected chi connectivity index (χ3v) is 5.09. The van der Waals surface area contributed by atoms with Crippen LogP contribution in [0.25, 0.3) is 0 Å². The van der Waals surface area contributed by atoms with E-state index in [0.717, 1.165) is 11.2 Å². The Morgan fingerprint density at radius 1 is 1.20 bits per heavy atom. The minimum Gasteiger partial charge on any atom is -0.371 e. The van der Waals surface area contributed by atoms with Gasteiger partial charge in [0.2, 0.25) is 0 Å². The normalized spacial score (nSPS) is 35.6. The molecule has 15 heavy (non-hydrogen) atoms. The summed E-state index contributed by atoms with van der Waals surface area (Å²) in [5.41, 5.74) is 0.196. The van der Waals surface area contributed by atoms with Gasteiger partial charge in [-0.2, -0.15) is 0 Å². The van der Waals surface area contributed by atoms with Gasteiger partial charge in [0.15, 0.2) is 0 Å². The van der Waals surface area contributed by atoms with Crippen LogP contribution < -0.4 is 0 Å². The topological polar surface area (TPSA) is 9.23 Å². The van der Waals surface area contributed by atoms with E-state index in [1.54, 1.807) is 0 Å². The van der Waals surface area contributed by atoms with Gasteiger partial charge >= 0.3 is 0 Å². The van der Waals surface area contributed by atoms with Crippen molar-refractivity contribution in [2.45, 2.75) is 70.0 Å². The van der Waals surface area contributed by atoms with Crippen molar-refractivity contribution in [2.24, 2.45) is 5.92 Å². The Kier molecular flexibility index (Phi) is 4.11. The molecule has 0 saturated heterocycles. The highest BCUT2D eigenvalue weighted by atomic mass is 79.9. The summed E-state index contributed by atoms with van der Waals surface area (Å²) in [7, 11) is 0. The first-order chi connectivity index (χ1) is 7.24. The highest BCUT2D eigenvalue weighted by molar-refractivity contribution is 9.09. The van der Waals surface area contributed by atoms with Crippen molar-refractivity contribution in [2.75, 3.05) is 5.33 Å². The third kappa shape index (κ3) is 2.97. The Morgan fingerprint density at radius 3 is 2.53 bits per heavy atom. The number of hydrogen-bond donors (Lipinski definition) is 0. The maximum atomic E-state index is 6.41. The van der Waals surface area contributed by atoms with E-state index in [-0.39, 0.29) is 5.60 Å². The van der Waals surface area contributed by atoms with Crippen LogP contribution in [-0.4, -0.2) is 17.0 Å². The molecule has 0 heterocycles. The number of alkyl halides is 1. The van der Waals surface area contributed by atoms with Gasteiger partial charge in [0.25, 0.3) is 0 Å². The van der Waals surface area contributed by atoms with Gasteiger partial charge in [-0.15, -0.1) is 0 Å². The first-order valence-corrected chi connectivity index (χ1v) is 7.60. The fourth-order valence-corrected chi connectivity index (χ4v) is 3.83. The van der Waals surface area contributed by atoms with Gasteiger partial charge in [0.1, 0.15) is 0 Å². The van der Waals surface area contributed by atoms with Crippen LogP contribution in [0.2, 0.25) is 0 Å². The molecule has 0 spiro atoms. The number of halogens is 1.